The third kappa shape index (κ3) is 4.25. The molecule has 3 aromatic rings. The van der Waals surface area contributed by atoms with E-state index < -0.39 is 11.5 Å². The van der Waals surface area contributed by atoms with Crippen LogP contribution in [0.5, 0.6) is 0 Å². The van der Waals surface area contributed by atoms with Crippen molar-refractivity contribution in [2.24, 2.45) is 5.41 Å². The Morgan fingerprint density at radius 2 is 2.00 bits per heavy atom. The zero-order chi connectivity index (χ0) is 26.3. The normalized spacial score (nSPS) is 21.2. The first-order chi connectivity index (χ1) is 18.5. The lowest BCUT2D eigenvalue weighted by atomic mass is 9.62. The molecule has 9 heteroatoms. The number of ether oxygens (including phenoxy) is 1. The molecule has 38 heavy (non-hydrogen) atoms. The van der Waals surface area contributed by atoms with Crippen molar-refractivity contribution in [1.29, 1.82) is 0 Å². The summed E-state index contributed by atoms with van der Waals surface area (Å²) in [7, 11) is 0. The van der Waals surface area contributed by atoms with Gasteiger partial charge in [-0.1, -0.05) is 31.4 Å². The third-order valence-electron chi connectivity index (χ3n) is 8.14. The largest absolute Gasteiger partial charge is 0.464 e. The van der Waals surface area contributed by atoms with Gasteiger partial charge in [-0.15, -0.1) is 0 Å². The van der Waals surface area contributed by atoms with E-state index in [0.29, 0.717) is 17.5 Å². The highest BCUT2D eigenvalue weighted by atomic mass is 79.9. The minimum Gasteiger partial charge on any atom is -0.464 e. The lowest BCUT2D eigenvalue weighted by Gasteiger charge is -2.46. The standard InChI is InChI=1S/C29H32BrN5O3/c1-2-38-28(37)22(33-24-23(30)25(36)29(24)13-4-3-5-14-29)17-18-8-10-19(11-9-18)35-26-21(7-6-15-32-26)34-27(35)20-12-16-31-20/h6-11,15,20,22,31,33H,2-5,12-14,16-17H2,1H3/t20-,22-/m0/s1. The molecule has 8 nitrogen and oxygen atoms in total. The Bertz CT molecular complexity index is 1400. The van der Waals surface area contributed by atoms with E-state index in [-0.39, 0.29) is 17.8 Å². The van der Waals surface area contributed by atoms with Gasteiger partial charge >= 0.3 is 5.97 Å². The maximum Gasteiger partial charge on any atom is 0.328 e. The summed E-state index contributed by atoms with van der Waals surface area (Å²) in [5.41, 5.74) is 4.07. The van der Waals surface area contributed by atoms with E-state index in [1.165, 1.54) is 0 Å². The average Bonchev–Trinajstić information content (AvgIpc) is 3.29. The van der Waals surface area contributed by atoms with Crippen LogP contribution in [0.15, 0.2) is 52.8 Å². The summed E-state index contributed by atoms with van der Waals surface area (Å²) >= 11 is 3.48. The van der Waals surface area contributed by atoms with Gasteiger partial charge in [-0.3, -0.25) is 9.36 Å². The number of fused-ring (bicyclic) bond motifs is 1. The number of nitrogens with zero attached hydrogens (tertiary/aromatic N) is 3. The van der Waals surface area contributed by atoms with Gasteiger partial charge in [0.15, 0.2) is 11.4 Å². The molecule has 3 heterocycles. The first kappa shape index (κ1) is 25.2. The number of pyridine rings is 1. The molecule has 2 aliphatic carbocycles. The lowest BCUT2D eigenvalue weighted by molar-refractivity contribution is -0.146. The van der Waals surface area contributed by atoms with Gasteiger partial charge in [0.2, 0.25) is 0 Å². The van der Waals surface area contributed by atoms with Crippen LogP contribution in [0.3, 0.4) is 0 Å². The summed E-state index contributed by atoms with van der Waals surface area (Å²) in [6.07, 6.45) is 8.15. The smallest absolute Gasteiger partial charge is 0.328 e. The second kappa shape index (κ2) is 10.3. The highest BCUT2D eigenvalue weighted by Gasteiger charge is 2.53. The average molecular weight is 579 g/mol. The Labute approximate surface area is 230 Å². The number of imidazole rings is 1. The first-order valence-corrected chi connectivity index (χ1v) is 14.4. The van der Waals surface area contributed by atoms with Gasteiger partial charge in [-0.25, -0.2) is 14.8 Å². The summed E-state index contributed by atoms with van der Waals surface area (Å²) in [6, 6.07) is 11.7. The van der Waals surface area contributed by atoms with Gasteiger partial charge in [0.25, 0.3) is 0 Å². The molecular formula is C29H32BrN5O3. The number of Topliss-reactive ketones (excluding diaryl/α,β-unsaturated/α-hetero) is 1. The van der Waals surface area contributed by atoms with Crippen LogP contribution in [-0.2, 0) is 20.7 Å². The molecular weight excluding hydrogens is 546 g/mol. The van der Waals surface area contributed by atoms with E-state index in [1.54, 1.807) is 6.20 Å². The molecule has 2 N–H and O–H groups in total. The van der Waals surface area contributed by atoms with Gasteiger partial charge < -0.3 is 15.4 Å². The Balaban J connectivity index is 1.27. The number of carbonyl (C=O) groups excluding carboxylic acids is 2. The molecule has 1 spiro atoms. The van der Waals surface area contributed by atoms with Crippen molar-refractivity contribution in [1.82, 2.24) is 25.2 Å². The quantitative estimate of drug-likeness (QED) is 0.376. The number of hydrogen-bond donors (Lipinski definition) is 2. The fourth-order valence-electron chi connectivity index (χ4n) is 5.97. The number of carbonyl (C=O) groups is 2. The highest BCUT2D eigenvalue weighted by Crippen LogP contribution is 2.53. The van der Waals surface area contributed by atoms with Crippen LogP contribution in [0.1, 0.15) is 62.9 Å². The second-order valence-corrected chi connectivity index (χ2v) is 11.2. The zero-order valence-electron chi connectivity index (χ0n) is 21.5. The van der Waals surface area contributed by atoms with Crippen molar-refractivity contribution in [3.63, 3.8) is 0 Å². The predicted octanol–water partition coefficient (Wildman–Crippen LogP) is 4.66. The predicted molar refractivity (Wildman–Crippen MR) is 148 cm³/mol. The molecule has 0 radical (unpaired) electrons. The SMILES string of the molecule is CCOC(=O)[C@H](Cc1ccc(-n2c([C@@H]3CCN3)nc3cccnc32)cc1)NC1=C(Br)C(=O)C12CCCCC2. The number of ketones is 1. The molecule has 2 atom stereocenters. The second-order valence-electron chi connectivity index (χ2n) is 10.4. The minimum absolute atomic E-state index is 0.157. The number of rotatable bonds is 8. The van der Waals surface area contributed by atoms with Crippen molar-refractivity contribution >= 4 is 38.8 Å². The summed E-state index contributed by atoms with van der Waals surface area (Å²) in [6.45, 7) is 3.10. The molecule has 2 fully saturated rings. The number of benzene rings is 1. The van der Waals surface area contributed by atoms with E-state index in [9.17, 15) is 9.59 Å². The molecule has 0 amide bonds. The van der Waals surface area contributed by atoms with Gasteiger partial charge in [0.05, 0.1) is 22.5 Å². The van der Waals surface area contributed by atoms with Crippen LogP contribution in [0.4, 0.5) is 0 Å². The van der Waals surface area contributed by atoms with Crippen LogP contribution in [-0.4, -0.2) is 45.5 Å². The Kier molecular flexibility index (Phi) is 6.82. The summed E-state index contributed by atoms with van der Waals surface area (Å²) < 4.78 is 8.11. The molecule has 3 aliphatic rings. The first-order valence-electron chi connectivity index (χ1n) is 13.6. The number of halogens is 1. The van der Waals surface area contributed by atoms with Crippen LogP contribution < -0.4 is 10.6 Å². The number of aromatic nitrogens is 3. The summed E-state index contributed by atoms with van der Waals surface area (Å²) in [4.78, 5) is 35.3. The van der Waals surface area contributed by atoms with E-state index in [2.05, 4.69) is 48.2 Å². The van der Waals surface area contributed by atoms with Crippen molar-refractivity contribution in [2.75, 3.05) is 13.2 Å². The highest BCUT2D eigenvalue weighted by molar-refractivity contribution is 9.12. The van der Waals surface area contributed by atoms with Crippen LogP contribution in [0, 0.1) is 5.41 Å². The van der Waals surface area contributed by atoms with Gasteiger partial charge in [-0.05, 0) is 78.5 Å². The summed E-state index contributed by atoms with van der Waals surface area (Å²) in [5.74, 6) is 0.815. The van der Waals surface area contributed by atoms with Gasteiger partial charge in [-0.2, -0.15) is 0 Å². The number of nitrogens with one attached hydrogen (secondary N) is 2. The molecule has 1 aliphatic heterocycles. The van der Waals surface area contributed by atoms with Crippen molar-refractivity contribution in [3.8, 4) is 5.69 Å². The number of allylic oxidation sites excluding steroid dienone is 2. The molecule has 0 bridgehead atoms. The van der Waals surface area contributed by atoms with Crippen molar-refractivity contribution < 1.29 is 14.3 Å². The topological polar surface area (TPSA) is 98.1 Å². The lowest BCUT2D eigenvalue weighted by Crippen LogP contribution is -2.53. The van der Waals surface area contributed by atoms with Crippen molar-refractivity contribution in [2.45, 2.75) is 64.0 Å². The van der Waals surface area contributed by atoms with E-state index in [4.69, 9.17) is 9.72 Å². The minimum atomic E-state index is -0.583. The van der Waals surface area contributed by atoms with Crippen LogP contribution in [0.25, 0.3) is 16.9 Å². The van der Waals surface area contributed by atoms with Crippen molar-refractivity contribution in [3.05, 3.63) is 64.2 Å². The number of esters is 1. The van der Waals surface area contributed by atoms with Gasteiger partial charge in [0.1, 0.15) is 17.4 Å². The Morgan fingerprint density at radius 1 is 1.24 bits per heavy atom. The molecule has 2 aromatic heterocycles. The molecule has 198 valence electrons. The monoisotopic (exact) mass is 577 g/mol. The Morgan fingerprint density at radius 3 is 2.68 bits per heavy atom. The fourth-order valence-corrected chi connectivity index (χ4v) is 6.85. The molecule has 1 saturated heterocycles. The van der Waals surface area contributed by atoms with E-state index >= 15 is 0 Å². The summed E-state index contributed by atoms with van der Waals surface area (Å²) in [5, 5.41) is 6.89. The van der Waals surface area contributed by atoms with Crippen LogP contribution in [0.2, 0.25) is 0 Å². The maximum atomic E-state index is 13.0. The number of hydrogen-bond acceptors (Lipinski definition) is 7. The Hall–Kier alpha value is -3.04. The van der Waals surface area contributed by atoms with E-state index in [0.717, 1.165) is 79.0 Å². The zero-order valence-corrected chi connectivity index (χ0v) is 23.1. The van der Waals surface area contributed by atoms with Crippen LogP contribution >= 0.6 is 15.9 Å². The molecule has 1 aromatic carbocycles. The molecule has 1 saturated carbocycles. The maximum absolute atomic E-state index is 13.0. The fraction of sp³-hybridized carbons (Fsp3) is 0.448. The third-order valence-corrected chi connectivity index (χ3v) is 8.90. The van der Waals surface area contributed by atoms with E-state index in [1.807, 2.05) is 31.2 Å². The van der Waals surface area contributed by atoms with Gasteiger partial charge in [0, 0.05) is 24.0 Å². The molecule has 6 rings (SSSR count). The molecule has 0 unspecified atom stereocenters.